The van der Waals surface area contributed by atoms with Gasteiger partial charge in [0.05, 0.1) is 31.6 Å². The highest BCUT2D eigenvalue weighted by atomic mass is 16.5. The van der Waals surface area contributed by atoms with Crippen LogP contribution in [0.2, 0.25) is 0 Å². The summed E-state index contributed by atoms with van der Waals surface area (Å²) in [6.45, 7) is 4.59. The summed E-state index contributed by atoms with van der Waals surface area (Å²) in [4.78, 5) is 26.7. The second-order valence-electron chi connectivity index (χ2n) is 7.42. The van der Waals surface area contributed by atoms with E-state index < -0.39 is 0 Å². The monoisotopic (exact) mass is 368 g/mol. The Hall–Kier alpha value is -2.54. The van der Waals surface area contributed by atoms with Gasteiger partial charge in [-0.25, -0.2) is 4.98 Å². The van der Waals surface area contributed by atoms with Crippen molar-refractivity contribution in [1.29, 1.82) is 0 Å². The smallest absolute Gasteiger partial charge is 0.254 e. The minimum Gasteiger partial charge on any atom is -0.477 e. The third-order valence-electron chi connectivity index (χ3n) is 5.28. The van der Waals surface area contributed by atoms with Crippen molar-refractivity contribution < 1.29 is 14.3 Å². The number of hydrogen-bond acceptors (Lipinski definition) is 6. The van der Waals surface area contributed by atoms with Crippen LogP contribution in [0.4, 0.5) is 0 Å². The predicted molar refractivity (Wildman–Crippen MR) is 98.4 cm³/mol. The highest BCUT2D eigenvalue weighted by Crippen LogP contribution is 2.38. The number of rotatable bonds is 5. The zero-order chi connectivity index (χ0) is 18.7. The van der Waals surface area contributed by atoms with E-state index in [4.69, 9.17) is 9.47 Å². The van der Waals surface area contributed by atoms with Gasteiger partial charge in [0.15, 0.2) is 0 Å². The number of nitrogens with zero attached hydrogens (tertiary/aromatic N) is 4. The van der Waals surface area contributed by atoms with Gasteiger partial charge in [-0.3, -0.25) is 14.8 Å². The maximum atomic E-state index is 12.5. The van der Waals surface area contributed by atoms with Crippen LogP contribution in [0.25, 0.3) is 0 Å². The molecule has 1 amide bonds. The Kier molecular flexibility index (Phi) is 5.03. The van der Waals surface area contributed by atoms with Crippen LogP contribution in [-0.2, 0) is 4.74 Å². The quantitative estimate of drug-likeness (QED) is 0.806. The van der Waals surface area contributed by atoms with Gasteiger partial charge in [-0.1, -0.05) is 0 Å². The first-order valence-corrected chi connectivity index (χ1v) is 9.38. The van der Waals surface area contributed by atoms with Crippen molar-refractivity contribution in [3.8, 4) is 5.88 Å². The number of pyridine rings is 1. The minimum atomic E-state index is -0.186. The van der Waals surface area contributed by atoms with Crippen molar-refractivity contribution in [3.63, 3.8) is 0 Å². The average molecular weight is 368 g/mol. The maximum Gasteiger partial charge on any atom is 0.254 e. The SMILES string of the molecule is Cc1cncc(OCC[C@H]2CCOC3(C2)CN(C(=O)c2ccncc2)C3)n1. The topological polar surface area (TPSA) is 77.4 Å². The molecule has 2 aliphatic heterocycles. The standard InChI is InChI=1S/C20H24N4O3/c1-15-11-22-12-18(23-15)26-8-4-16-5-9-27-20(10-16)13-24(14-20)19(25)17-2-6-21-7-3-17/h2-3,6-7,11-12,16H,4-5,8-10,13-14H2,1H3/t16-/m0/s1. The molecule has 1 spiro atoms. The summed E-state index contributed by atoms with van der Waals surface area (Å²) in [5.41, 5.74) is 1.35. The third-order valence-corrected chi connectivity index (χ3v) is 5.28. The molecule has 0 N–H and O–H groups in total. The lowest BCUT2D eigenvalue weighted by molar-refractivity contribution is -0.166. The molecule has 1 atom stereocenters. The second-order valence-corrected chi connectivity index (χ2v) is 7.42. The number of carbonyl (C=O) groups is 1. The predicted octanol–water partition coefficient (Wildman–Crippen LogP) is 2.27. The summed E-state index contributed by atoms with van der Waals surface area (Å²) in [6.07, 6.45) is 9.61. The van der Waals surface area contributed by atoms with Crippen LogP contribution in [0.3, 0.4) is 0 Å². The first-order chi connectivity index (χ1) is 13.1. The summed E-state index contributed by atoms with van der Waals surface area (Å²) in [6, 6.07) is 3.51. The molecule has 0 bridgehead atoms. The van der Waals surface area contributed by atoms with Gasteiger partial charge < -0.3 is 14.4 Å². The summed E-state index contributed by atoms with van der Waals surface area (Å²) in [5, 5.41) is 0. The number of hydrogen-bond donors (Lipinski definition) is 0. The van der Waals surface area contributed by atoms with E-state index in [9.17, 15) is 4.79 Å². The van der Waals surface area contributed by atoms with Crippen LogP contribution < -0.4 is 4.74 Å². The Morgan fingerprint density at radius 2 is 2.11 bits per heavy atom. The Morgan fingerprint density at radius 1 is 1.30 bits per heavy atom. The molecule has 2 aliphatic rings. The van der Waals surface area contributed by atoms with E-state index in [2.05, 4.69) is 15.0 Å². The minimum absolute atomic E-state index is 0.0510. The zero-order valence-electron chi connectivity index (χ0n) is 15.5. The van der Waals surface area contributed by atoms with Crippen molar-refractivity contribution >= 4 is 5.91 Å². The van der Waals surface area contributed by atoms with E-state index >= 15 is 0 Å². The Morgan fingerprint density at radius 3 is 2.89 bits per heavy atom. The molecule has 4 rings (SSSR count). The molecule has 0 aromatic carbocycles. The van der Waals surface area contributed by atoms with E-state index in [1.165, 1.54) is 0 Å². The molecule has 4 heterocycles. The van der Waals surface area contributed by atoms with E-state index in [1.807, 2.05) is 11.8 Å². The lowest BCUT2D eigenvalue weighted by Crippen LogP contribution is -2.66. The first kappa shape index (κ1) is 17.9. The fourth-order valence-corrected chi connectivity index (χ4v) is 3.91. The highest BCUT2D eigenvalue weighted by Gasteiger charge is 2.49. The maximum absolute atomic E-state index is 12.5. The van der Waals surface area contributed by atoms with Gasteiger partial charge in [0, 0.05) is 30.8 Å². The number of ether oxygens (including phenoxy) is 2. The summed E-state index contributed by atoms with van der Waals surface area (Å²) in [7, 11) is 0. The molecule has 0 saturated carbocycles. The lowest BCUT2D eigenvalue weighted by Gasteiger charge is -2.53. The molecule has 142 valence electrons. The zero-order valence-corrected chi connectivity index (χ0v) is 15.5. The molecule has 7 heteroatoms. The van der Waals surface area contributed by atoms with Gasteiger partial charge >= 0.3 is 0 Å². The molecule has 2 saturated heterocycles. The normalized spacial score (nSPS) is 20.9. The molecule has 2 aromatic rings. The number of likely N-dealkylation sites (tertiary alicyclic amines) is 1. The lowest BCUT2D eigenvalue weighted by atomic mass is 9.79. The number of aromatic nitrogens is 3. The van der Waals surface area contributed by atoms with Crippen molar-refractivity contribution in [2.75, 3.05) is 26.3 Å². The Labute approximate surface area is 158 Å². The van der Waals surface area contributed by atoms with Crippen LogP contribution in [0.15, 0.2) is 36.9 Å². The van der Waals surface area contributed by atoms with E-state index in [0.717, 1.165) is 31.6 Å². The van der Waals surface area contributed by atoms with E-state index in [-0.39, 0.29) is 11.5 Å². The average Bonchev–Trinajstić information content (AvgIpc) is 2.66. The molecule has 27 heavy (non-hydrogen) atoms. The molecule has 0 unspecified atom stereocenters. The molecule has 0 aliphatic carbocycles. The van der Waals surface area contributed by atoms with Crippen molar-refractivity contribution in [2.24, 2.45) is 5.92 Å². The van der Waals surface area contributed by atoms with Crippen LogP contribution in [-0.4, -0.2) is 57.7 Å². The Balaban J connectivity index is 1.26. The first-order valence-electron chi connectivity index (χ1n) is 9.38. The molecular weight excluding hydrogens is 344 g/mol. The van der Waals surface area contributed by atoms with Crippen LogP contribution >= 0.6 is 0 Å². The van der Waals surface area contributed by atoms with Gasteiger partial charge in [0.25, 0.3) is 5.91 Å². The van der Waals surface area contributed by atoms with Crippen molar-refractivity contribution in [2.45, 2.75) is 31.8 Å². The number of amides is 1. The van der Waals surface area contributed by atoms with Crippen molar-refractivity contribution in [3.05, 3.63) is 48.2 Å². The van der Waals surface area contributed by atoms with Gasteiger partial charge in [-0.15, -0.1) is 0 Å². The molecule has 2 fully saturated rings. The van der Waals surface area contributed by atoms with Crippen LogP contribution in [0.5, 0.6) is 5.88 Å². The van der Waals surface area contributed by atoms with Crippen LogP contribution in [0.1, 0.15) is 35.3 Å². The van der Waals surface area contributed by atoms with E-state index in [0.29, 0.717) is 37.1 Å². The Bertz CT molecular complexity index is 793. The third kappa shape index (κ3) is 4.08. The molecule has 0 radical (unpaired) electrons. The molecule has 2 aromatic heterocycles. The number of carbonyl (C=O) groups excluding carboxylic acids is 1. The largest absolute Gasteiger partial charge is 0.477 e. The van der Waals surface area contributed by atoms with Gasteiger partial charge in [0.2, 0.25) is 5.88 Å². The molecular formula is C20H24N4O3. The highest BCUT2D eigenvalue weighted by molar-refractivity contribution is 5.94. The van der Waals surface area contributed by atoms with Gasteiger partial charge in [0.1, 0.15) is 5.60 Å². The summed E-state index contributed by atoms with van der Waals surface area (Å²) in [5.74, 6) is 1.17. The summed E-state index contributed by atoms with van der Waals surface area (Å²) < 4.78 is 11.8. The van der Waals surface area contributed by atoms with Gasteiger partial charge in [-0.2, -0.15) is 0 Å². The van der Waals surface area contributed by atoms with Crippen LogP contribution in [0, 0.1) is 12.8 Å². The fraction of sp³-hybridized carbons (Fsp3) is 0.500. The molecule has 7 nitrogen and oxygen atoms in total. The number of aryl methyl sites for hydroxylation is 1. The van der Waals surface area contributed by atoms with E-state index in [1.54, 1.807) is 36.9 Å². The van der Waals surface area contributed by atoms with Crippen molar-refractivity contribution in [1.82, 2.24) is 19.9 Å². The summed E-state index contributed by atoms with van der Waals surface area (Å²) >= 11 is 0. The second kappa shape index (κ2) is 7.60. The van der Waals surface area contributed by atoms with Gasteiger partial charge in [-0.05, 0) is 44.2 Å². The fourth-order valence-electron chi connectivity index (χ4n) is 3.91.